The molecular formula is C22H25N3O5S. The van der Waals surface area contributed by atoms with E-state index in [1.54, 1.807) is 63.6 Å². The van der Waals surface area contributed by atoms with E-state index < -0.39 is 6.04 Å². The first-order chi connectivity index (χ1) is 14.9. The summed E-state index contributed by atoms with van der Waals surface area (Å²) in [5, 5.41) is 3.19. The molecule has 0 aromatic heterocycles. The van der Waals surface area contributed by atoms with Gasteiger partial charge >= 0.3 is 0 Å². The van der Waals surface area contributed by atoms with E-state index in [2.05, 4.69) is 5.32 Å². The molecule has 1 heterocycles. The van der Waals surface area contributed by atoms with E-state index >= 15 is 0 Å². The number of hydrogen-bond acceptors (Lipinski definition) is 6. The number of benzene rings is 2. The average Bonchev–Trinajstić information content (AvgIpc) is 2.97. The lowest BCUT2D eigenvalue weighted by Crippen LogP contribution is -2.37. The van der Waals surface area contributed by atoms with Gasteiger partial charge in [-0.2, -0.15) is 0 Å². The minimum absolute atomic E-state index is 0.0252. The first-order valence-electron chi connectivity index (χ1n) is 9.61. The van der Waals surface area contributed by atoms with Crippen molar-refractivity contribution in [1.29, 1.82) is 0 Å². The molecule has 1 N–H and O–H groups in total. The summed E-state index contributed by atoms with van der Waals surface area (Å²) in [6, 6.07) is 11.8. The van der Waals surface area contributed by atoms with Crippen LogP contribution < -0.4 is 19.5 Å². The van der Waals surface area contributed by atoms with Crippen molar-refractivity contribution < 1.29 is 23.8 Å². The highest BCUT2D eigenvalue weighted by Gasteiger charge is 2.41. The predicted molar refractivity (Wildman–Crippen MR) is 120 cm³/mol. The maximum atomic E-state index is 12.8. The lowest BCUT2D eigenvalue weighted by Gasteiger charge is -2.24. The zero-order valence-corrected chi connectivity index (χ0v) is 18.7. The maximum Gasteiger partial charge on any atom is 0.251 e. The monoisotopic (exact) mass is 443 g/mol. The highest BCUT2D eigenvalue weighted by molar-refractivity contribution is 7.80. The number of hydrogen-bond donors (Lipinski definition) is 1. The van der Waals surface area contributed by atoms with Crippen LogP contribution in [0.4, 0.5) is 5.69 Å². The number of likely N-dealkylation sites (N-methyl/N-ethyl adjacent to an activating group) is 1. The molecule has 2 amide bonds. The number of rotatable bonds is 8. The van der Waals surface area contributed by atoms with Crippen LogP contribution in [0.15, 0.2) is 42.5 Å². The van der Waals surface area contributed by atoms with Crippen LogP contribution in [0.3, 0.4) is 0 Å². The largest absolute Gasteiger partial charge is 0.497 e. The Balaban J connectivity index is 1.74. The number of anilines is 1. The Hall–Kier alpha value is -3.33. The molecule has 9 heteroatoms. The third-order valence-electron chi connectivity index (χ3n) is 5.08. The maximum absolute atomic E-state index is 12.8. The van der Waals surface area contributed by atoms with Crippen molar-refractivity contribution in [2.75, 3.05) is 33.7 Å². The van der Waals surface area contributed by atoms with Crippen molar-refractivity contribution in [3.8, 4) is 17.2 Å². The third kappa shape index (κ3) is 4.88. The van der Waals surface area contributed by atoms with E-state index in [-0.39, 0.29) is 18.2 Å². The van der Waals surface area contributed by atoms with Gasteiger partial charge < -0.3 is 24.4 Å². The molecule has 0 bridgehead atoms. The van der Waals surface area contributed by atoms with Crippen molar-refractivity contribution in [2.24, 2.45) is 0 Å². The molecule has 0 saturated carbocycles. The van der Waals surface area contributed by atoms with Crippen LogP contribution >= 0.6 is 12.2 Å². The molecule has 31 heavy (non-hydrogen) atoms. The zero-order chi connectivity index (χ0) is 22.5. The minimum atomic E-state index is -0.691. The van der Waals surface area contributed by atoms with Gasteiger partial charge in [-0.05, 0) is 54.2 Å². The summed E-state index contributed by atoms with van der Waals surface area (Å²) >= 11 is 5.47. The van der Waals surface area contributed by atoms with Crippen molar-refractivity contribution in [2.45, 2.75) is 19.0 Å². The van der Waals surface area contributed by atoms with Gasteiger partial charge in [-0.1, -0.05) is 6.07 Å². The molecule has 0 radical (unpaired) electrons. The van der Waals surface area contributed by atoms with Gasteiger partial charge in [0.25, 0.3) is 5.91 Å². The first-order valence-corrected chi connectivity index (χ1v) is 10.0. The molecule has 0 aliphatic carbocycles. The number of methoxy groups -OCH3 is 3. The van der Waals surface area contributed by atoms with E-state index in [9.17, 15) is 9.59 Å². The first kappa shape index (κ1) is 22.4. The fraction of sp³-hybridized carbons (Fsp3) is 0.318. The molecule has 1 atom stereocenters. The third-order valence-corrected chi connectivity index (χ3v) is 5.59. The standard InChI is InChI=1S/C22H25N3O5S/c1-24-21(27)17(12-20(26)23-15-6-8-16(28-2)9-7-15)25(22(24)31)13-14-5-10-18(29-3)19(11-14)30-4/h5-11,17H,12-13H2,1-4H3,(H,23,26)/t17-/m0/s1. The fourth-order valence-corrected chi connectivity index (χ4v) is 3.67. The normalized spacial score (nSPS) is 15.8. The topological polar surface area (TPSA) is 80.3 Å². The van der Waals surface area contributed by atoms with Gasteiger partial charge in [-0.3, -0.25) is 14.5 Å². The predicted octanol–water partition coefficient (Wildman–Crippen LogP) is 2.67. The van der Waals surface area contributed by atoms with Crippen molar-refractivity contribution in [3.05, 3.63) is 48.0 Å². The Morgan fingerprint density at radius 3 is 2.32 bits per heavy atom. The molecule has 0 spiro atoms. The Morgan fingerprint density at radius 2 is 1.71 bits per heavy atom. The van der Waals surface area contributed by atoms with Gasteiger partial charge in [-0.25, -0.2) is 0 Å². The second kappa shape index (κ2) is 9.65. The smallest absolute Gasteiger partial charge is 0.251 e. The molecule has 1 aliphatic rings. The molecule has 2 aromatic rings. The molecule has 0 unspecified atom stereocenters. The van der Waals surface area contributed by atoms with Crippen LogP contribution in [-0.2, 0) is 16.1 Å². The van der Waals surface area contributed by atoms with Gasteiger partial charge in [0, 0.05) is 19.3 Å². The summed E-state index contributed by atoms with van der Waals surface area (Å²) in [5.74, 6) is 1.39. The second-order valence-corrected chi connectivity index (χ2v) is 7.36. The molecule has 8 nitrogen and oxygen atoms in total. The summed E-state index contributed by atoms with van der Waals surface area (Å²) in [5.41, 5.74) is 1.50. The van der Waals surface area contributed by atoms with Gasteiger partial charge in [0.05, 0.1) is 27.8 Å². The lowest BCUT2D eigenvalue weighted by atomic mass is 10.1. The molecule has 164 valence electrons. The van der Waals surface area contributed by atoms with Crippen molar-refractivity contribution >= 4 is 34.8 Å². The lowest BCUT2D eigenvalue weighted by molar-refractivity contribution is -0.130. The van der Waals surface area contributed by atoms with Crippen LogP contribution in [0.1, 0.15) is 12.0 Å². The summed E-state index contributed by atoms with van der Waals surface area (Å²) in [4.78, 5) is 28.6. The minimum Gasteiger partial charge on any atom is -0.497 e. The Labute approximate surface area is 186 Å². The quantitative estimate of drug-likeness (QED) is 0.629. The highest BCUT2D eigenvalue weighted by Crippen LogP contribution is 2.30. The Kier molecular flexibility index (Phi) is 6.96. The average molecular weight is 444 g/mol. The van der Waals surface area contributed by atoms with E-state index in [1.807, 2.05) is 12.1 Å². The number of carbonyl (C=O) groups excluding carboxylic acids is 2. The number of amides is 2. The molecular weight excluding hydrogens is 418 g/mol. The number of nitrogens with zero attached hydrogens (tertiary/aromatic N) is 2. The second-order valence-electron chi connectivity index (χ2n) is 6.99. The molecule has 3 rings (SSSR count). The SMILES string of the molecule is COc1ccc(NC(=O)C[C@H]2C(=O)N(C)C(=S)N2Cc2ccc(OC)c(OC)c2)cc1. The van der Waals surface area contributed by atoms with Gasteiger partial charge in [-0.15, -0.1) is 0 Å². The number of thiocarbonyl (C=S) groups is 1. The van der Waals surface area contributed by atoms with E-state index in [4.69, 9.17) is 26.4 Å². The van der Waals surface area contributed by atoms with Gasteiger partial charge in [0.2, 0.25) is 5.91 Å². The number of ether oxygens (including phenoxy) is 3. The van der Waals surface area contributed by atoms with Crippen LogP contribution in [0.2, 0.25) is 0 Å². The van der Waals surface area contributed by atoms with E-state index in [0.717, 1.165) is 5.56 Å². The Morgan fingerprint density at radius 1 is 1.03 bits per heavy atom. The van der Waals surface area contributed by atoms with Crippen LogP contribution in [0.5, 0.6) is 17.2 Å². The Bertz CT molecular complexity index is 980. The molecule has 1 aliphatic heterocycles. The summed E-state index contributed by atoms with van der Waals surface area (Å²) < 4.78 is 15.8. The fourth-order valence-electron chi connectivity index (χ4n) is 3.39. The van der Waals surface area contributed by atoms with Crippen LogP contribution in [-0.4, -0.2) is 61.1 Å². The summed E-state index contributed by atoms with van der Waals surface area (Å²) in [7, 11) is 6.32. The summed E-state index contributed by atoms with van der Waals surface area (Å²) in [6.07, 6.45) is -0.0252. The number of carbonyl (C=O) groups is 2. The summed E-state index contributed by atoms with van der Waals surface area (Å²) in [6.45, 7) is 0.357. The van der Waals surface area contributed by atoms with Crippen molar-refractivity contribution in [3.63, 3.8) is 0 Å². The molecule has 1 saturated heterocycles. The zero-order valence-electron chi connectivity index (χ0n) is 17.9. The number of nitrogens with one attached hydrogen (secondary N) is 1. The molecule has 2 aromatic carbocycles. The molecule has 1 fully saturated rings. The highest BCUT2D eigenvalue weighted by atomic mass is 32.1. The van der Waals surface area contributed by atoms with Crippen LogP contribution in [0.25, 0.3) is 0 Å². The van der Waals surface area contributed by atoms with Gasteiger partial charge in [0.15, 0.2) is 16.6 Å². The van der Waals surface area contributed by atoms with E-state index in [1.165, 1.54) is 4.90 Å². The van der Waals surface area contributed by atoms with Crippen molar-refractivity contribution in [1.82, 2.24) is 9.80 Å². The van der Waals surface area contributed by atoms with E-state index in [0.29, 0.717) is 34.6 Å². The van der Waals surface area contributed by atoms with Gasteiger partial charge in [0.1, 0.15) is 11.8 Å². The van der Waals surface area contributed by atoms with Crippen LogP contribution in [0, 0.1) is 0 Å².